The fourth-order valence-corrected chi connectivity index (χ4v) is 8.20. The minimum absolute atomic E-state index is 0.00585. The van der Waals surface area contributed by atoms with E-state index in [0.717, 1.165) is 12.8 Å². The second-order valence-corrected chi connectivity index (χ2v) is 15.9. The molecule has 0 radical (unpaired) electrons. The molecule has 4 atom stereocenters. The monoisotopic (exact) mass is 781 g/mol. The molecule has 4 amide bonds. The summed E-state index contributed by atoms with van der Waals surface area (Å²) in [6.07, 6.45) is 3.53. The number of rotatable bonds is 10. The number of benzene rings is 3. The molecule has 3 aromatic carbocycles. The predicted molar refractivity (Wildman–Crippen MR) is 212 cm³/mol. The first-order valence-corrected chi connectivity index (χ1v) is 19.5. The highest BCUT2D eigenvalue weighted by molar-refractivity contribution is 5.99. The van der Waals surface area contributed by atoms with Crippen molar-refractivity contribution in [3.8, 4) is 33.5 Å². The van der Waals surface area contributed by atoms with Gasteiger partial charge in [-0.1, -0.05) is 64.1 Å². The molecule has 3 aliphatic rings. The fraction of sp³-hybridized carbons (Fsp3) is 0.419. The van der Waals surface area contributed by atoms with Crippen molar-refractivity contribution in [3.63, 3.8) is 0 Å². The van der Waals surface area contributed by atoms with Gasteiger partial charge in [0.2, 0.25) is 17.7 Å². The van der Waals surface area contributed by atoms with E-state index < -0.39 is 30.1 Å². The van der Waals surface area contributed by atoms with Gasteiger partial charge in [-0.3, -0.25) is 14.4 Å². The molecule has 2 aliphatic heterocycles. The van der Waals surface area contributed by atoms with Crippen LogP contribution in [0.4, 0.5) is 19.3 Å². The lowest BCUT2D eigenvalue weighted by Gasteiger charge is -2.30. The maximum Gasteiger partial charge on any atom is 0.407 e. The van der Waals surface area contributed by atoms with Crippen molar-refractivity contribution in [2.45, 2.75) is 83.5 Å². The van der Waals surface area contributed by atoms with Crippen LogP contribution in [-0.2, 0) is 25.0 Å². The maximum atomic E-state index is 16.4. The summed E-state index contributed by atoms with van der Waals surface area (Å²) in [5.74, 6) is -3.78. The van der Waals surface area contributed by atoms with Crippen LogP contribution >= 0.6 is 0 Å². The lowest BCUT2D eigenvalue weighted by atomic mass is 9.98. The van der Waals surface area contributed by atoms with Crippen molar-refractivity contribution < 1.29 is 32.7 Å². The number of ether oxygens (including phenoxy) is 1. The number of halogens is 2. The molecule has 0 spiro atoms. The molecule has 12 nitrogen and oxygen atoms in total. The van der Waals surface area contributed by atoms with Gasteiger partial charge in [-0.2, -0.15) is 8.78 Å². The molecule has 2 fully saturated rings. The molecule has 300 valence electrons. The fourth-order valence-electron chi connectivity index (χ4n) is 8.20. The Kier molecular flexibility index (Phi) is 10.9. The molecular formula is C43H49F2N7O5. The van der Waals surface area contributed by atoms with Crippen LogP contribution in [0.1, 0.15) is 76.4 Å². The largest absolute Gasteiger partial charge is 0.453 e. The molecule has 1 unspecified atom stereocenters. The van der Waals surface area contributed by atoms with Gasteiger partial charge < -0.3 is 35.9 Å². The minimum Gasteiger partial charge on any atom is -0.453 e. The number of anilines is 1. The number of H-pyrrole nitrogens is 1. The van der Waals surface area contributed by atoms with Gasteiger partial charge in [0.25, 0.3) is 5.92 Å². The van der Waals surface area contributed by atoms with E-state index in [9.17, 15) is 19.2 Å². The van der Waals surface area contributed by atoms with Gasteiger partial charge in [-0.15, -0.1) is 0 Å². The zero-order chi connectivity index (χ0) is 40.8. The number of fused-ring (bicyclic) bond motifs is 3. The number of aromatic nitrogens is 2. The first-order chi connectivity index (χ1) is 27.2. The standard InChI is InChI=1S/C43H49F2N7O5/c1-23(2)36(46)40(54)51-17-7-11-34(51)38-47-22-33(49-38)27-14-16-30-29-15-13-26(20-31(29)43(44,45)32(30)21-27)25-9-6-10-28(19-25)48-39(53)35-12-8-18-52(35)41(55)37(24(3)4)50-42(56)57-5/h6,9-10,13-16,19-24,34-37H,7-8,11-12,17-18,46H2,1-5H3,(H,47,49)(H,48,53)(H,50,56)/t34-,35-,36?,37-/m0/s1. The second kappa shape index (κ2) is 15.7. The first kappa shape index (κ1) is 39.6. The highest BCUT2D eigenvalue weighted by Gasteiger charge is 2.45. The molecule has 1 aliphatic carbocycles. The maximum absolute atomic E-state index is 16.4. The third kappa shape index (κ3) is 7.50. The smallest absolute Gasteiger partial charge is 0.407 e. The summed E-state index contributed by atoms with van der Waals surface area (Å²) in [7, 11) is 1.22. The van der Waals surface area contributed by atoms with Gasteiger partial charge in [0.05, 0.1) is 31.1 Å². The number of nitrogens with zero attached hydrogens (tertiary/aromatic N) is 3. The lowest BCUT2D eigenvalue weighted by Crippen LogP contribution is -2.54. The summed E-state index contributed by atoms with van der Waals surface area (Å²) in [5, 5.41) is 5.50. The number of likely N-dealkylation sites (tertiary alicyclic amines) is 2. The van der Waals surface area contributed by atoms with Crippen LogP contribution in [0.3, 0.4) is 0 Å². The third-order valence-electron chi connectivity index (χ3n) is 11.5. The molecule has 1 aromatic heterocycles. The Morgan fingerprint density at radius 3 is 2.19 bits per heavy atom. The number of methoxy groups -OCH3 is 1. The van der Waals surface area contributed by atoms with E-state index in [1.165, 1.54) is 24.1 Å². The molecule has 57 heavy (non-hydrogen) atoms. The first-order valence-electron chi connectivity index (χ1n) is 19.5. The van der Waals surface area contributed by atoms with E-state index in [-0.39, 0.29) is 46.7 Å². The van der Waals surface area contributed by atoms with Crippen molar-refractivity contribution in [2.75, 3.05) is 25.5 Å². The summed E-state index contributed by atoms with van der Waals surface area (Å²) in [6.45, 7) is 8.39. The van der Waals surface area contributed by atoms with Crippen LogP contribution in [0.5, 0.6) is 0 Å². The SMILES string of the molecule is COC(=O)N[C@H](C(=O)N1CCC[C@H]1C(=O)Nc1cccc(-c2ccc3c(c2)C(F)(F)c2cc(-c4cnc([C@@H]5CCCN5C(=O)C(N)C(C)C)[nH]4)ccc2-3)c1)C(C)C. The molecule has 0 saturated carbocycles. The molecule has 7 rings (SSSR count). The number of hydrogen-bond acceptors (Lipinski definition) is 7. The predicted octanol–water partition coefficient (Wildman–Crippen LogP) is 6.82. The number of amides is 4. The number of hydrogen-bond donors (Lipinski definition) is 4. The van der Waals surface area contributed by atoms with Gasteiger partial charge >= 0.3 is 6.09 Å². The quantitative estimate of drug-likeness (QED) is 0.137. The van der Waals surface area contributed by atoms with E-state index in [2.05, 4.69) is 20.6 Å². The number of nitrogens with two attached hydrogens (primary N) is 1. The second-order valence-electron chi connectivity index (χ2n) is 15.9. The number of imidazole rings is 1. The number of nitrogens with one attached hydrogen (secondary N) is 3. The van der Waals surface area contributed by atoms with Crippen molar-refractivity contribution >= 4 is 29.5 Å². The molecule has 5 N–H and O–H groups in total. The van der Waals surface area contributed by atoms with Crippen molar-refractivity contribution in [3.05, 3.63) is 83.8 Å². The number of alkyl carbamates (subject to hydrolysis) is 1. The Bertz CT molecular complexity index is 2200. The number of alkyl halides is 2. The number of carbonyl (C=O) groups is 4. The van der Waals surface area contributed by atoms with Crippen LogP contribution in [0.15, 0.2) is 66.9 Å². The van der Waals surface area contributed by atoms with Crippen LogP contribution in [0.25, 0.3) is 33.5 Å². The summed E-state index contributed by atoms with van der Waals surface area (Å²) < 4.78 is 37.4. The normalized spacial score (nSPS) is 19.3. The average Bonchev–Trinajstić information content (AvgIpc) is 4.02. The van der Waals surface area contributed by atoms with Gasteiger partial charge in [-0.05, 0) is 84.0 Å². The Balaban J connectivity index is 1.08. The molecule has 2 saturated heterocycles. The van der Waals surface area contributed by atoms with Crippen molar-refractivity contribution in [1.82, 2.24) is 25.1 Å². The minimum atomic E-state index is -3.29. The average molecular weight is 782 g/mol. The van der Waals surface area contributed by atoms with Crippen LogP contribution < -0.4 is 16.4 Å². The van der Waals surface area contributed by atoms with E-state index >= 15 is 8.78 Å². The Hall–Kier alpha value is -5.63. The van der Waals surface area contributed by atoms with Crippen LogP contribution in [-0.4, -0.2) is 81.9 Å². The topological polar surface area (TPSA) is 163 Å². The molecule has 14 heteroatoms. The van der Waals surface area contributed by atoms with Crippen molar-refractivity contribution in [1.29, 1.82) is 0 Å². The lowest BCUT2D eigenvalue weighted by molar-refractivity contribution is -0.139. The highest BCUT2D eigenvalue weighted by atomic mass is 19.3. The third-order valence-corrected chi connectivity index (χ3v) is 11.5. The summed E-state index contributed by atoms with van der Waals surface area (Å²) in [4.78, 5) is 63.2. The zero-order valence-corrected chi connectivity index (χ0v) is 32.8. The Morgan fingerprint density at radius 2 is 1.51 bits per heavy atom. The van der Waals surface area contributed by atoms with Crippen molar-refractivity contribution in [2.24, 2.45) is 17.6 Å². The highest BCUT2D eigenvalue weighted by Crippen LogP contribution is 2.52. The van der Waals surface area contributed by atoms with E-state index in [4.69, 9.17) is 10.5 Å². The molecular weight excluding hydrogens is 733 g/mol. The summed E-state index contributed by atoms with van der Waals surface area (Å²) in [6, 6.07) is 14.5. The summed E-state index contributed by atoms with van der Waals surface area (Å²) in [5.41, 5.74) is 9.61. The molecule has 4 aromatic rings. The molecule has 3 heterocycles. The van der Waals surface area contributed by atoms with Gasteiger partial charge in [0, 0.05) is 35.5 Å². The summed E-state index contributed by atoms with van der Waals surface area (Å²) >= 11 is 0. The van der Waals surface area contributed by atoms with Gasteiger partial charge in [0.1, 0.15) is 17.9 Å². The van der Waals surface area contributed by atoms with E-state index in [1.54, 1.807) is 73.5 Å². The zero-order valence-electron chi connectivity index (χ0n) is 32.8. The van der Waals surface area contributed by atoms with E-state index in [0.29, 0.717) is 71.0 Å². The number of aromatic amines is 1. The van der Waals surface area contributed by atoms with Gasteiger partial charge in [0.15, 0.2) is 0 Å². The van der Waals surface area contributed by atoms with Crippen LogP contribution in [0, 0.1) is 11.8 Å². The van der Waals surface area contributed by atoms with Gasteiger partial charge in [-0.25, -0.2) is 9.78 Å². The number of carbonyl (C=O) groups excluding carboxylic acids is 4. The Labute approximate surface area is 330 Å². The molecule has 0 bridgehead atoms. The van der Waals surface area contributed by atoms with Crippen LogP contribution in [0.2, 0.25) is 0 Å². The Morgan fingerprint density at radius 1 is 0.860 bits per heavy atom. The van der Waals surface area contributed by atoms with E-state index in [1.807, 2.05) is 13.8 Å².